The van der Waals surface area contributed by atoms with Gasteiger partial charge < -0.3 is 14.2 Å². The Morgan fingerprint density at radius 3 is 2.29 bits per heavy atom. The number of hydrazone groups is 1. The van der Waals surface area contributed by atoms with Crippen LogP contribution in [0.15, 0.2) is 47.6 Å². The quantitative estimate of drug-likeness (QED) is 0.617. The smallest absolute Gasteiger partial charge is 0.277 e. The van der Waals surface area contributed by atoms with Crippen molar-refractivity contribution in [3.63, 3.8) is 0 Å². The van der Waals surface area contributed by atoms with Crippen molar-refractivity contribution in [2.45, 2.75) is 0 Å². The lowest BCUT2D eigenvalue weighted by atomic mass is 10.2. The third-order valence-electron chi connectivity index (χ3n) is 2.96. The van der Waals surface area contributed by atoms with Gasteiger partial charge in [0.25, 0.3) is 5.91 Å². The summed E-state index contributed by atoms with van der Waals surface area (Å²) in [6.07, 6.45) is 1.49. The van der Waals surface area contributed by atoms with Crippen molar-refractivity contribution >= 4 is 23.7 Å². The summed E-state index contributed by atoms with van der Waals surface area (Å²) in [6.45, 7) is -0.152. The van der Waals surface area contributed by atoms with Crippen LogP contribution >= 0.6 is 11.6 Å². The number of nitrogens with zero attached hydrogens (tertiary/aromatic N) is 1. The molecule has 0 aromatic heterocycles. The highest BCUT2D eigenvalue weighted by atomic mass is 35.5. The highest BCUT2D eigenvalue weighted by molar-refractivity contribution is 6.30. The third-order valence-corrected chi connectivity index (χ3v) is 3.21. The van der Waals surface area contributed by atoms with E-state index in [9.17, 15) is 4.79 Å². The molecule has 0 heterocycles. The maximum atomic E-state index is 11.7. The summed E-state index contributed by atoms with van der Waals surface area (Å²) in [5, 5.41) is 4.48. The second-order valence-corrected chi connectivity index (χ2v) is 5.12. The van der Waals surface area contributed by atoms with Crippen LogP contribution < -0.4 is 19.6 Å². The van der Waals surface area contributed by atoms with Crippen molar-refractivity contribution in [3.05, 3.63) is 53.1 Å². The summed E-state index contributed by atoms with van der Waals surface area (Å²) in [6, 6.07) is 12.0. The first-order chi connectivity index (χ1) is 11.6. The van der Waals surface area contributed by atoms with Crippen molar-refractivity contribution in [3.8, 4) is 17.2 Å². The van der Waals surface area contributed by atoms with Gasteiger partial charge in [-0.15, -0.1) is 0 Å². The molecule has 2 aromatic carbocycles. The average molecular weight is 349 g/mol. The molecule has 0 aliphatic heterocycles. The Labute approximate surface area is 145 Å². The van der Waals surface area contributed by atoms with Crippen LogP contribution in [-0.4, -0.2) is 32.9 Å². The van der Waals surface area contributed by atoms with Crippen LogP contribution in [0.3, 0.4) is 0 Å². The Balaban J connectivity index is 1.86. The number of hydrogen-bond acceptors (Lipinski definition) is 5. The molecule has 0 fully saturated rings. The molecule has 126 valence electrons. The molecule has 0 saturated heterocycles. The molecule has 0 aliphatic rings. The summed E-state index contributed by atoms with van der Waals surface area (Å²) >= 11 is 5.77. The lowest BCUT2D eigenvalue weighted by Gasteiger charge is -2.06. The first-order valence-corrected chi connectivity index (χ1v) is 7.42. The van der Waals surface area contributed by atoms with Crippen LogP contribution in [0, 0.1) is 0 Å². The van der Waals surface area contributed by atoms with Gasteiger partial charge in [0.15, 0.2) is 6.61 Å². The van der Waals surface area contributed by atoms with Gasteiger partial charge in [-0.05, 0) is 36.4 Å². The fraction of sp³-hybridized carbons (Fsp3) is 0.176. The second-order valence-electron chi connectivity index (χ2n) is 4.68. The van der Waals surface area contributed by atoms with Crippen LogP contribution in [-0.2, 0) is 4.79 Å². The predicted molar refractivity (Wildman–Crippen MR) is 92.2 cm³/mol. The van der Waals surface area contributed by atoms with Crippen molar-refractivity contribution in [1.82, 2.24) is 5.43 Å². The molecular weight excluding hydrogens is 332 g/mol. The minimum atomic E-state index is -0.379. The largest absolute Gasteiger partial charge is 0.497 e. The minimum absolute atomic E-state index is 0.152. The van der Waals surface area contributed by atoms with Gasteiger partial charge in [0.2, 0.25) is 0 Å². The van der Waals surface area contributed by atoms with Gasteiger partial charge in [-0.2, -0.15) is 5.10 Å². The lowest BCUT2D eigenvalue weighted by Crippen LogP contribution is -2.24. The van der Waals surface area contributed by atoms with Gasteiger partial charge in [-0.1, -0.05) is 11.6 Å². The van der Waals surface area contributed by atoms with Gasteiger partial charge >= 0.3 is 0 Å². The maximum absolute atomic E-state index is 11.7. The Bertz CT molecular complexity index is 695. The van der Waals surface area contributed by atoms with E-state index in [0.29, 0.717) is 22.3 Å². The average Bonchev–Trinajstić information content (AvgIpc) is 2.61. The molecule has 0 radical (unpaired) electrons. The molecule has 7 heteroatoms. The van der Waals surface area contributed by atoms with E-state index in [4.69, 9.17) is 25.8 Å². The molecule has 0 saturated carbocycles. The van der Waals surface area contributed by atoms with Crippen LogP contribution in [0.4, 0.5) is 0 Å². The predicted octanol–water partition coefficient (Wildman–Crippen LogP) is 2.89. The van der Waals surface area contributed by atoms with E-state index >= 15 is 0 Å². The van der Waals surface area contributed by atoms with Gasteiger partial charge in [0, 0.05) is 16.7 Å². The van der Waals surface area contributed by atoms with Crippen LogP contribution in [0.25, 0.3) is 0 Å². The van der Waals surface area contributed by atoms with E-state index in [1.165, 1.54) is 6.21 Å². The van der Waals surface area contributed by atoms with E-state index in [-0.39, 0.29) is 12.5 Å². The monoisotopic (exact) mass is 348 g/mol. The molecule has 0 atom stereocenters. The zero-order valence-electron chi connectivity index (χ0n) is 13.3. The topological polar surface area (TPSA) is 69.2 Å². The molecule has 1 amide bonds. The molecule has 0 bridgehead atoms. The zero-order valence-corrected chi connectivity index (χ0v) is 14.0. The standard InChI is InChI=1S/C17H17ClN2O4/c1-22-15-7-12(8-16(9-15)23-2)10-19-20-17(21)11-24-14-5-3-13(18)4-6-14/h3-10H,11H2,1-2H3,(H,20,21)/b19-10+. The number of methoxy groups -OCH3 is 2. The molecule has 24 heavy (non-hydrogen) atoms. The lowest BCUT2D eigenvalue weighted by molar-refractivity contribution is -0.123. The van der Waals surface area contributed by atoms with E-state index < -0.39 is 0 Å². The molecule has 2 rings (SSSR count). The molecule has 2 aromatic rings. The van der Waals surface area contributed by atoms with E-state index in [1.54, 1.807) is 56.7 Å². The number of hydrogen-bond donors (Lipinski definition) is 1. The first kappa shape index (κ1) is 17.6. The normalized spacial score (nSPS) is 10.5. The summed E-state index contributed by atoms with van der Waals surface area (Å²) in [4.78, 5) is 11.7. The number of ether oxygens (including phenoxy) is 3. The fourth-order valence-electron chi connectivity index (χ4n) is 1.79. The molecule has 1 N–H and O–H groups in total. The van der Waals surface area contributed by atoms with Crippen LogP contribution in [0.1, 0.15) is 5.56 Å². The number of carbonyl (C=O) groups excluding carboxylic acids is 1. The number of nitrogens with one attached hydrogen (secondary N) is 1. The highest BCUT2D eigenvalue weighted by Crippen LogP contribution is 2.21. The fourth-order valence-corrected chi connectivity index (χ4v) is 1.92. The zero-order chi connectivity index (χ0) is 17.4. The Morgan fingerprint density at radius 1 is 1.08 bits per heavy atom. The molecule has 0 aliphatic carbocycles. The van der Waals surface area contributed by atoms with Gasteiger partial charge in [0.05, 0.1) is 20.4 Å². The molecule has 0 spiro atoms. The van der Waals surface area contributed by atoms with E-state index in [1.807, 2.05) is 0 Å². The SMILES string of the molecule is COc1cc(/C=N/NC(=O)COc2ccc(Cl)cc2)cc(OC)c1. The number of benzene rings is 2. The number of rotatable bonds is 7. The van der Waals surface area contributed by atoms with Crippen molar-refractivity contribution in [2.24, 2.45) is 5.10 Å². The van der Waals surface area contributed by atoms with E-state index in [2.05, 4.69) is 10.5 Å². The highest BCUT2D eigenvalue weighted by Gasteiger charge is 2.02. The van der Waals surface area contributed by atoms with Gasteiger partial charge in [0.1, 0.15) is 17.2 Å². The molecule has 6 nitrogen and oxygen atoms in total. The number of carbonyl (C=O) groups is 1. The second kappa shape index (κ2) is 8.79. The first-order valence-electron chi connectivity index (χ1n) is 7.04. The summed E-state index contributed by atoms with van der Waals surface area (Å²) in [7, 11) is 3.12. The summed E-state index contributed by atoms with van der Waals surface area (Å²) in [5.74, 6) is 1.44. The minimum Gasteiger partial charge on any atom is -0.497 e. The molecule has 0 unspecified atom stereocenters. The third kappa shape index (κ3) is 5.48. The van der Waals surface area contributed by atoms with Crippen molar-refractivity contribution < 1.29 is 19.0 Å². The number of amides is 1. The van der Waals surface area contributed by atoms with Crippen LogP contribution in [0.2, 0.25) is 5.02 Å². The molecular formula is C17H17ClN2O4. The van der Waals surface area contributed by atoms with Crippen molar-refractivity contribution in [2.75, 3.05) is 20.8 Å². The Kier molecular flexibility index (Phi) is 6.45. The Hall–Kier alpha value is -2.73. The Morgan fingerprint density at radius 2 is 1.71 bits per heavy atom. The van der Waals surface area contributed by atoms with Crippen molar-refractivity contribution in [1.29, 1.82) is 0 Å². The number of halogens is 1. The van der Waals surface area contributed by atoms with Crippen LogP contribution in [0.5, 0.6) is 17.2 Å². The summed E-state index contributed by atoms with van der Waals surface area (Å²) in [5.41, 5.74) is 3.11. The van der Waals surface area contributed by atoms with Gasteiger partial charge in [-0.25, -0.2) is 5.43 Å². The summed E-state index contributed by atoms with van der Waals surface area (Å²) < 4.78 is 15.6. The maximum Gasteiger partial charge on any atom is 0.277 e. The van der Waals surface area contributed by atoms with Gasteiger partial charge in [-0.3, -0.25) is 4.79 Å². The van der Waals surface area contributed by atoms with E-state index in [0.717, 1.165) is 5.56 Å².